The van der Waals surface area contributed by atoms with Crippen molar-refractivity contribution < 1.29 is 19.4 Å². The number of allylic oxidation sites excluding steroid dienone is 2. The van der Waals surface area contributed by atoms with Crippen LogP contribution in [0, 0.1) is 5.92 Å². The summed E-state index contributed by atoms with van der Waals surface area (Å²) in [5.41, 5.74) is 2.03. The Morgan fingerprint density at radius 1 is 1.33 bits per heavy atom. The lowest BCUT2D eigenvalue weighted by molar-refractivity contribution is -0.305. The molecule has 0 spiro atoms. The van der Waals surface area contributed by atoms with Crippen LogP contribution in [0.5, 0.6) is 5.75 Å². The molecular weight excluding hydrogens is 268 g/mol. The lowest BCUT2D eigenvalue weighted by atomic mass is 9.83. The van der Waals surface area contributed by atoms with Gasteiger partial charge in [0, 0.05) is 11.9 Å². The molecular formula is C17H19O4-. The fraction of sp³-hybridized carbons (Fsp3) is 0.412. The molecule has 1 aliphatic carbocycles. The SMILES string of the molecule is CCOc1ccc(C2=CC(=O)[C@H](CCC(=O)[O-])CC2)cc1. The highest BCUT2D eigenvalue weighted by atomic mass is 16.5. The first-order valence-electron chi connectivity index (χ1n) is 7.27. The van der Waals surface area contributed by atoms with E-state index in [1.165, 1.54) is 0 Å². The maximum absolute atomic E-state index is 12.0. The third-order valence-electron chi connectivity index (χ3n) is 3.71. The molecule has 0 saturated heterocycles. The number of hydrogen-bond donors (Lipinski definition) is 0. The lowest BCUT2D eigenvalue weighted by Crippen LogP contribution is -2.25. The van der Waals surface area contributed by atoms with E-state index in [1.807, 2.05) is 31.2 Å². The fourth-order valence-corrected chi connectivity index (χ4v) is 2.57. The Morgan fingerprint density at radius 2 is 2.05 bits per heavy atom. The van der Waals surface area contributed by atoms with Crippen LogP contribution in [0.4, 0.5) is 0 Å². The van der Waals surface area contributed by atoms with Crippen molar-refractivity contribution in [3.63, 3.8) is 0 Å². The van der Waals surface area contributed by atoms with Gasteiger partial charge in [0.05, 0.1) is 6.61 Å². The molecule has 21 heavy (non-hydrogen) atoms. The molecule has 1 aromatic carbocycles. The quantitative estimate of drug-likeness (QED) is 0.802. The van der Waals surface area contributed by atoms with E-state index >= 15 is 0 Å². The Balaban J connectivity index is 2.03. The number of ether oxygens (including phenoxy) is 1. The standard InChI is InChI=1S/C17H20O4/c1-2-21-15-8-5-12(6-9-15)14-4-3-13(16(18)11-14)7-10-17(19)20/h5-6,8-9,11,13H,2-4,7,10H2,1H3,(H,19,20)/p-1/t13-/m0/s1. The monoisotopic (exact) mass is 287 g/mol. The number of carbonyl (C=O) groups is 2. The van der Waals surface area contributed by atoms with Crippen molar-refractivity contribution in [3.8, 4) is 5.75 Å². The summed E-state index contributed by atoms with van der Waals surface area (Å²) in [6.07, 6.45) is 3.46. The minimum Gasteiger partial charge on any atom is -0.550 e. The third-order valence-corrected chi connectivity index (χ3v) is 3.71. The number of ketones is 1. The summed E-state index contributed by atoms with van der Waals surface area (Å²) in [7, 11) is 0. The lowest BCUT2D eigenvalue weighted by Gasteiger charge is -2.21. The summed E-state index contributed by atoms with van der Waals surface area (Å²) < 4.78 is 5.39. The van der Waals surface area contributed by atoms with Crippen molar-refractivity contribution >= 4 is 17.3 Å². The van der Waals surface area contributed by atoms with Crippen LogP contribution in [-0.2, 0) is 9.59 Å². The molecule has 4 nitrogen and oxygen atoms in total. The topological polar surface area (TPSA) is 66.4 Å². The number of aliphatic carboxylic acids is 1. The largest absolute Gasteiger partial charge is 0.550 e. The summed E-state index contributed by atoms with van der Waals surface area (Å²) in [5, 5.41) is 10.5. The van der Waals surface area contributed by atoms with Gasteiger partial charge in [-0.25, -0.2) is 0 Å². The Kier molecular flexibility index (Phi) is 5.14. The Hall–Kier alpha value is -2.10. The Morgan fingerprint density at radius 3 is 2.62 bits per heavy atom. The van der Waals surface area contributed by atoms with Crippen molar-refractivity contribution in [2.75, 3.05) is 6.61 Å². The van der Waals surface area contributed by atoms with E-state index in [9.17, 15) is 14.7 Å². The Labute approximate surface area is 124 Å². The van der Waals surface area contributed by atoms with E-state index in [1.54, 1.807) is 6.08 Å². The molecule has 0 N–H and O–H groups in total. The van der Waals surface area contributed by atoms with Crippen LogP contribution in [0.1, 0.15) is 38.2 Å². The second-order valence-electron chi connectivity index (χ2n) is 5.18. The molecule has 1 aromatic rings. The minimum absolute atomic E-state index is 0.0198. The maximum atomic E-state index is 12.0. The van der Waals surface area contributed by atoms with E-state index in [2.05, 4.69) is 0 Å². The second kappa shape index (κ2) is 7.07. The van der Waals surface area contributed by atoms with Crippen LogP contribution < -0.4 is 9.84 Å². The maximum Gasteiger partial charge on any atom is 0.159 e. The first-order chi connectivity index (χ1) is 10.1. The Bertz CT molecular complexity index is 542. The van der Waals surface area contributed by atoms with E-state index in [0.717, 1.165) is 23.3 Å². The van der Waals surface area contributed by atoms with Crippen molar-refractivity contribution in [1.82, 2.24) is 0 Å². The zero-order valence-corrected chi connectivity index (χ0v) is 12.1. The number of rotatable bonds is 6. The van der Waals surface area contributed by atoms with E-state index < -0.39 is 5.97 Å². The van der Waals surface area contributed by atoms with Gasteiger partial charge in [0.2, 0.25) is 0 Å². The van der Waals surface area contributed by atoms with Crippen LogP contribution in [0.2, 0.25) is 0 Å². The van der Waals surface area contributed by atoms with Gasteiger partial charge in [-0.1, -0.05) is 12.1 Å². The highest BCUT2D eigenvalue weighted by Crippen LogP contribution is 2.31. The van der Waals surface area contributed by atoms with Gasteiger partial charge in [-0.05, 0) is 62.0 Å². The molecule has 0 bridgehead atoms. The average molecular weight is 287 g/mol. The van der Waals surface area contributed by atoms with Gasteiger partial charge in [0.25, 0.3) is 0 Å². The van der Waals surface area contributed by atoms with Gasteiger partial charge in [-0.3, -0.25) is 4.79 Å². The molecule has 4 heteroatoms. The van der Waals surface area contributed by atoms with Crippen molar-refractivity contribution in [1.29, 1.82) is 0 Å². The summed E-state index contributed by atoms with van der Waals surface area (Å²) in [6, 6.07) is 7.69. The van der Waals surface area contributed by atoms with E-state index in [-0.39, 0.29) is 18.1 Å². The number of benzene rings is 1. The third kappa shape index (κ3) is 4.18. The second-order valence-corrected chi connectivity index (χ2v) is 5.18. The summed E-state index contributed by atoms with van der Waals surface area (Å²) in [5.74, 6) is -0.444. The molecule has 0 radical (unpaired) electrons. The van der Waals surface area contributed by atoms with Gasteiger partial charge >= 0.3 is 0 Å². The molecule has 1 aliphatic rings. The smallest absolute Gasteiger partial charge is 0.159 e. The zero-order chi connectivity index (χ0) is 15.2. The van der Waals surface area contributed by atoms with Gasteiger partial charge in [0.1, 0.15) is 5.75 Å². The van der Waals surface area contributed by atoms with Gasteiger partial charge in [0.15, 0.2) is 5.78 Å². The summed E-state index contributed by atoms with van der Waals surface area (Å²) in [6.45, 7) is 2.56. The minimum atomic E-state index is -1.09. The van der Waals surface area contributed by atoms with Gasteiger partial charge < -0.3 is 14.6 Å². The van der Waals surface area contributed by atoms with Gasteiger partial charge in [-0.2, -0.15) is 0 Å². The first kappa shape index (κ1) is 15.3. The zero-order valence-electron chi connectivity index (χ0n) is 12.1. The molecule has 0 heterocycles. The molecule has 1 atom stereocenters. The van der Waals surface area contributed by atoms with Crippen molar-refractivity contribution in [2.45, 2.75) is 32.6 Å². The molecule has 0 unspecified atom stereocenters. The van der Waals surface area contributed by atoms with Crippen LogP contribution in [0.3, 0.4) is 0 Å². The predicted molar refractivity (Wildman–Crippen MR) is 77.6 cm³/mol. The summed E-state index contributed by atoms with van der Waals surface area (Å²) >= 11 is 0. The predicted octanol–water partition coefficient (Wildman–Crippen LogP) is 1.98. The normalized spacial score (nSPS) is 18.2. The molecule has 0 amide bonds. The van der Waals surface area contributed by atoms with Crippen LogP contribution in [0.15, 0.2) is 30.3 Å². The molecule has 0 aromatic heterocycles. The molecule has 0 saturated carbocycles. The molecule has 0 fully saturated rings. The highest BCUT2D eigenvalue weighted by Gasteiger charge is 2.22. The van der Waals surface area contributed by atoms with Crippen LogP contribution in [0.25, 0.3) is 5.57 Å². The van der Waals surface area contributed by atoms with Gasteiger partial charge in [-0.15, -0.1) is 0 Å². The summed E-state index contributed by atoms with van der Waals surface area (Å²) in [4.78, 5) is 22.5. The number of carboxylic acid groups (broad SMARTS) is 1. The van der Waals surface area contributed by atoms with Crippen molar-refractivity contribution in [2.24, 2.45) is 5.92 Å². The fourth-order valence-electron chi connectivity index (χ4n) is 2.57. The molecule has 2 rings (SSSR count). The van der Waals surface area contributed by atoms with E-state index in [4.69, 9.17) is 4.74 Å². The first-order valence-corrected chi connectivity index (χ1v) is 7.27. The number of carbonyl (C=O) groups excluding carboxylic acids is 2. The highest BCUT2D eigenvalue weighted by molar-refractivity contribution is 6.00. The van der Waals surface area contributed by atoms with E-state index in [0.29, 0.717) is 19.4 Å². The number of hydrogen-bond acceptors (Lipinski definition) is 4. The van der Waals surface area contributed by atoms with Crippen LogP contribution >= 0.6 is 0 Å². The van der Waals surface area contributed by atoms with Crippen molar-refractivity contribution in [3.05, 3.63) is 35.9 Å². The van der Waals surface area contributed by atoms with Crippen LogP contribution in [-0.4, -0.2) is 18.4 Å². The molecule has 0 aliphatic heterocycles. The number of carboxylic acids is 1. The molecule has 112 valence electrons. The average Bonchev–Trinajstić information content (AvgIpc) is 2.47.